The average Bonchev–Trinajstić information content (AvgIpc) is 3.45. The number of hydrazone groups is 1. The zero-order chi connectivity index (χ0) is 20.8. The van der Waals surface area contributed by atoms with Crippen molar-refractivity contribution in [3.63, 3.8) is 0 Å². The van der Waals surface area contributed by atoms with Crippen molar-refractivity contribution < 1.29 is 4.79 Å². The Labute approximate surface area is 175 Å². The molecule has 0 atom stereocenters. The molecule has 0 radical (unpaired) electrons. The van der Waals surface area contributed by atoms with Crippen LogP contribution in [0.1, 0.15) is 34.1 Å². The van der Waals surface area contributed by atoms with Crippen LogP contribution in [-0.2, 0) is 13.0 Å². The van der Waals surface area contributed by atoms with Crippen LogP contribution in [0.3, 0.4) is 0 Å². The molecule has 0 unspecified atom stereocenters. The Morgan fingerprint density at radius 1 is 1.07 bits per heavy atom. The minimum absolute atomic E-state index is 0.290. The van der Waals surface area contributed by atoms with E-state index >= 15 is 0 Å². The number of benzene rings is 2. The van der Waals surface area contributed by atoms with Gasteiger partial charge in [-0.1, -0.05) is 61.5 Å². The molecule has 6 heteroatoms. The Kier molecular flexibility index (Phi) is 5.85. The molecule has 4 aromatic rings. The number of rotatable bonds is 7. The lowest BCUT2D eigenvalue weighted by molar-refractivity contribution is 0.0951. The van der Waals surface area contributed by atoms with Crippen LogP contribution in [0.15, 0.2) is 84.2 Å². The van der Waals surface area contributed by atoms with Gasteiger partial charge in [0.05, 0.1) is 12.8 Å². The number of aromatic amines is 1. The first-order valence-electron chi connectivity index (χ1n) is 9.90. The fourth-order valence-corrected chi connectivity index (χ4v) is 3.20. The number of carbonyl (C=O) groups excluding carboxylic acids is 1. The van der Waals surface area contributed by atoms with Gasteiger partial charge in [0.2, 0.25) is 0 Å². The molecular weight excluding hydrogens is 374 g/mol. The topological polar surface area (TPSA) is 75.1 Å². The molecule has 2 aromatic carbocycles. The van der Waals surface area contributed by atoms with E-state index in [1.807, 2.05) is 29.1 Å². The summed E-state index contributed by atoms with van der Waals surface area (Å²) in [6.45, 7) is 2.79. The molecule has 2 N–H and O–H groups in total. The van der Waals surface area contributed by atoms with Gasteiger partial charge in [-0.15, -0.1) is 0 Å². The number of amides is 1. The fraction of sp³-hybridized carbons (Fsp3) is 0.125. The molecule has 0 saturated carbocycles. The summed E-state index contributed by atoms with van der Waals surface area (Å²) in [5.41, 5.74) is 8.12. The lowest BCUT2D eigenvalue weighted by Gasteiger charge is -2.02. The third kappa shape index (κ3) is 4.55. The summed E-state index contributed by atoms with van der Waals surface area (Å²) in [5, 5.41) is 8.93. The predicted octanol–water partition coefficient (Wildman–Crippen LogP) is 4.25. The summed E-state index contributed by atoms with van der Waals surface area (Å²) >= 11 is 0. The van der Waals surface area contributed by atoms with Crippen LogP contribution in [0.5, 0.6) is 0 Å². The normalized spacial score (nSPS) is 11.1. The Balaban J connectivity index is 1.60. The molecule has 0 spiro atoms. The molecule has 2 heterocycles. The van der Waals surface area contributed by atoms with Gasteiger partial charge in [0.25, 0.3) is 5.91 Å². The molecule has 0 saturated heterocycles. The maximum Gasteiger partial charge on any atom is 0.287 e. The highest BCUT2D eigenvalue weighted by atomic mass is 16.2. The van der Waals surface area contributed by atoms with Crippen LogP contribution in [0.4, 0.5) is 0 Å². The van der Waals surface area contributed by atoms with Crippen LogP contribution in [0, 0.1) is 0 Å². The molecular formula is C24H23N5O. The van der Waals surface area contributed by atoms with Gasteiger partial charge < -0.3 is 4.98 Å². The van der Waals surface area contributed by atoms with Crippen LogP contribution < -0.4 is 5.43 Å². The SMILES string of the molecule is CCc1ccc(-c2nn(Cc3ccccc3)cc2/C=N\NC(=O)c2ccc[nH]2)cc1. The van der Waals surface area contributed by atoms with Crippen molar-refractivity contribution in [3.05, 3.63) is 102 Å². The first-order valence-corrected chi connectivity index (χ1v) is 9.90. The monoisotopic (exact) mass is 397 g/mol. The van der Waals surface area contributed by atoms with Crippen molar-refractivity contribution in [2.45, 2.75) is 19.9 Å². The second-order valence-corrected chi connectivity index (χ2v) is 6.95. The smallest absolute Gasteiger partial charge is 0.287 e. The highest BCUT2D eigenvalue weighted by Gasteiger charge is 2.11. The third-order valence-electron chi connectivity index (χ3n) is 4.83. The van der Waals surface area contributed by atoms with E-state index in [0.717, 1.165) is 28.8 Å². The zero-order valence-corrected chi connectivity index (χ0v) is 16.7. The van der Waals surface area contributed by atoms with E-state index in [0.29, 0.717) is 12.2 Å². The van der Waals surface area contributed by atoms with Crippen LogP contribution in [0.25, 0.3) is 11.3 Å². The van der Waals surface area contributed by atoms with Crippen molar-refractivity contribution in [2.75, 3.05) is 0 Å². The molecule has 6 nitrogen and oxygen atoms in total. The Bertz CT molecular complexity index is 1130. The number of carbonyl (C=O) groups is 1. The van der Waals surface area contributed by atoms with Gasteiger partial charge in [0, 0.05) is 23.5 Å². The molecule has 30 heavy (non-hydrogen) atoms. The van der Waals surface area contributed by atoms with Crippen molar-refractivity contribution >= 4 is 12.1 Å². The van der Waals surface area contributed by atoms with E-state index in [2.05, 4.69) is 58.8 Å². The van der Waals surface area contributed by atoms with Gasteiger partial charge in [-0.3, -0.25) is 9.48 Å². The molecule has 0 bridgehead atoms. The van der Waals surface area contributed by atoms with Crippen molar-refractivity contribution in [3.8, 4) is 11.3 Å². The maximum absolute atomic E-state index is 12.1. The van der Waals surface area contributed by atoms with Gasteiger partial charge in [0.1, 0.15) is 11.4 Å². The summed E-state index contributed by atoms with van der Waals surface area (Å²) in [7, 11) is 0. The van der Waals surface area contributed by atoms with Crippen molar-refractivity contribution in [1.82, 2.24) is 20.2 Å². The van der Waals surface area contributed by atoms with Crippen molar-refractivity contribution in [1.29, 1.82) is 0 Å². The lowest BCUT2D eigenvalue weighted by atomic mass is 10.1. The Hall–Kier alpha value is -3.93. The lowest BCUT2D eigenvalue weighted by Crippen LogP contribution is -2.17. The van der Waals surface area contributed by atoms with Crippen LogP contribution in [-0.4, -0.2) is 26.9 Å². The van der Waals surface area contributed by atoms with E-state index in [1.165, 1.54) is 5.56 Å². The van der Waals surface area contributed by atoms with Gasteiger partial charge >= 0.3 is 0 Å². The molecule has 0 aliphatic rings. The molecule has 1 amide bonds. The number of nitrogens with one attached hydrogen (secondary N) is 2. The third-order valence-corrected chi connectivity index (χ3v) is 4.83. The second-order valence-electron chi connectivity index (χ2n) is 6.95. The van der Waals surface area contributed by atoms with Gasteiger partial charge in [-0.25, -0.2) is 5.43 Å². The minimum Gasteiger partial charge on any atom is -0.357 e. The van der Waals surface area contributed by atoms with Crippen LogP contribution >= 0.6 is 0 Å². The van der Waals surface area contributed by atoms with Crippen molar-refractivity contribution in [2.24, 2.45) is 5.10 Å². The van der Waals surface area contributed by atoms with E-state index in [-0.39, 0.29) is 5.91 Å². The van der Waals surface area contributed by atoms with E-state index < -0.39 is 0 Å². The van der Waals surface area contributed by atoms with Crippen LogP contribution in [0.2, 0.25) is 0 Å². The molecule has 2 aromatic heterocycles. The van der Waals surface area contributed by atoms with E-state index in [1.54, 1.807) is 24.5 Å². The number of hydrogen-bond acceptors (Lipinski definition) is 3. The van der Waals surface area contributed by atoms with Gasteiger partial charge in [0.15, 0.2) is 0 Å². The van der Waals surface area contributed by atoms with E-state index in [9.17, 15) is 4.79 Å². The summed E-state index contributed by atoms with van der Waals surface area (Å²) < 4.78 is 1.90. The highest BCUT2D eigenvalue weighted by Crippen LogP contribution is 2.22. The number of nitrogens with zero attached hydrogens (tertiary/aromatic N) is 3. The minimum atomic E-state index is -0.290. The fourth-order valence-electron chi connectivity index (χ4n) is 3.20. The Morgan fingerprint density at radius 2 is 1.87 bits per heavy atom. The summed E-state index contributed by atoms with van der Waals surface area (Å²) in [5.74, 6) is -0.290. The molecule has 4 rings (SSSR count). The average molecular weight is 397 g/mol. The largest absolute Gasteiger partial charge is 0.357 e. The number of aromatic nitrogens is 3. The molecule has 0 fully saturated rings. The summed E-state index contributed by atoms with van der Waals surface area (Å²) in [4.78, 5) is 15.0. The summed E-state index contributed by atoms with van der Waals surface area (Å²) in [6.07, 6.45) is 6.27. The first kappa shape index (κ1) is 19.4. The number of H-pyrrole nitrogens is 1. The first-order chi connectivity index (χ1) is 14.7. The second kappa shape index (κ2) is 9.05. The number of aryl methyl sites for hydroxylation is 1. The van der Waals surface area contributed by atoms with E-state index in [4.69, 9.17) is 5.10 Å². The zero-order valence-electron chi connectivity index (χ0n) is 16.7. The number of hydrogen-bond donors (Lipinski definition) is 2. The predicted molar refractivity (Wildman–Crippen MR) is 118 cm³/mol. The Morgan fingerprint density at radius 3 is 2.57 bits per heavy atom. The molecule has 150 valence electrons. The summed E-state index contributed by atoms with van der Waals surface area (Å²) in [6, 6.07) is 22.0. The molecule has 0 aliphatic heterocycles. The van der Waals surface area contributed by atoms with Gasteiger partial charge in [-0.2, -0.15) is 10.2 Å². The quantitative estimate of drug-likeness (QED) is 0.361. The highest BCUT2D eigenvalue weighted by molar-refractivity contribution is 5.94. The molecule has 0 aliphatic carbocycles. The maximum atomic E-state index is 12.1. The standard InChI is InChI=1S/C24H23N5O/c1-2-18-10-12-20(13-11-18)23-21(15-26-27-24(30)22-9-6-14-25-22)17-29(28-23)16-19-7-4-3-5-8-19/h3-15,17,25H,2,16H2,1H3,(H,27,30)/b26-15-. The van der Waals surface area contributed by atoms with Gasteiger partial charge in [-0.05, 0) is 29.7 Å².